The SMILES string of the molecule is CC(C)(C)C(F)(F)OCc1cccc(-n2cnc(C3CC3)c2)c1. The molecule has 0 unspecified atom stereocenters. The molecule has 1 aliphatic carbocycles. The van der Waals surface area contributed by atoms with Crippen molar-refractivity contribution in [3.05, 3.63) is 48.0 Å². The van der Waals surface area contributed by atoms with Crippen LogP contribution in [0.25, 0.3) is 5.69 Å². The minimum Gasteiger partial charge on any atom is -0.315 e. The quantitative estimate of drug-likeness (QED) is 0.783. The molecule has 1 aromatic heterocycles. The molecule has 1 saturated carbocycles. The van der Waals surface area contributed by atoms with E-state index in [1.54, 1.807) is 12.4 Å². The summed E-state index contributed by atoms with van der Waals surface area (Å²) in [6.07, 6.45) is 3.02. The van der Waals surface area contributed by atoms with Gasteiger partial charge in [-0.1, -0.05) is 32.9 Å². The Morgan fingerprint density at radius 1 is 1.26 bits per heavy atom. The van der Waals surface area contributed by atoms with Gasteiger partial charge in [0.1, 0.15) is 0 Å². The molecule has 1 fully saturated rings. The summed E-state index contributed by atoms with van der Waals surface area (Å²) >= 11 is 0. The summed E-state index contributed by atoms with van der Waals surface area (Å²) in [5, 5.41) is 0. The average molecular weight is 320 g/mol. The molecular formula is C18H22F2N2O. The fourth-order valence-corrected chi connectivity index (χ4v) is 2.27. The Morgan fingerprint density at radius 2 is 2.00 bits per heavy atom. The average Bonchev–Trinajstić information content (AvgIpc) is 3.22. The lowest BCUT2D eigenvalue weighted by molar-refractivity contribution is -0.300. The lowest BCUT2D eigenvalue weighted by atomic mass is 9.95. The van der Waals surface area contributed by atoms with Gasteiger partial charge in [0, 0.05) is 17.8 Å². The van der Waals surface area contributed by atoms with Gasteiger partial charge in [0.05, 0.1) is 24.0 Å². The molecule has 1 aromatic carbocycles. The Balaban J connectivity index is 1.72. The second-order valence-electron chi connectivity index (χ2n) is 7.21. The van der Waals surface area contributed by atoms with Crippen LogP contribution in [0.3, 0.4) is 0 Å². The molecule has 3 nitrogen and oxygen atoms in total. The number of aromatic nitrogens is 2. The van der Waals surface area contributed by atoms with Crippen molar-refractivity contribution in [2.45, 2.75) is 52.2 Å². The Bertz CT molecular complexity index is 684. The van der Waals surface area contributed by atoms with E-state index in [0.29, 0.717) is 11.5 Å². The molecule has 0 aliphatic heterocycles. The number of benzene rings is 1. The Morgan fingerprint density at radius 3 is 2.65 bits per heavy atom. The van der Waals surface area contributed by atoms with Gasteiger partial charge in [0.15, 0.2) is 0 Å². The molecular weight excluding hydrogens is 298 g/mol. The van der Waals surface area contributed by atoms with E-state index in [0.717, 1.165) is 11.4 Å². The van der Waals surface area contributed by atoms with Gasteiger partial charge in [0.2, 0.25) is 0 Å². The second kappa shape index (κ2) is 5.71. The summed E-state index contributed by atoms with van der Waals surface area (Å²) in [7, 11) is 0. The third-order valence-corrected chi connectivity index (χ3v) is 4.10. The fraction of sp³-hybridized carbons (Fsp3) is 0.500. The second-order valence-corrected chi connectivity index (χ2v) is 7.21. The molecule has 3 rings (SSSR count). The predicted molar refractivity (Wildman–Crippen MR) is 84.7 cm³/mol. The molecule has 0 N–H and O–H groups in total. The minimum absolute atomic E-state index is 0.123. The van der Waals surface area contributed by atoms with Crippen LogP contribution in [0.5, 0.6) is 0 Å². The molecule has 1 aliphatic rings. The number of rotatable bonds is 5. The van der Waals surface area contributed by atoms with Gasteiger partial charge in [-0.2, -0.15) is 8.78 Å². The van der Waals surface area contributed by atoms with Gasteiger partial charge in [-0.15, -0.1) is 0 Å². The van der Waals surface area contributed by atoms with E-state index in [-0.39, 0.29) is 6.61 Å². The molecule has 23 heavy (non-hydrogen) atoms. The summed E-state index contributed by atoms with van der Waals surface area (Å²) in [5.41, 5.74) is 1.50. The summed E-state index contributed by atoms with van der Waals surface area (Å²) in [4.78, 5) is 4.41. The molecule has 2 aromatic rings. The van der Waals surface area contributed by atoms with Gasteiger partial charge >= 0.3 is 6.11 Å². The van der Waals surface area contributed by atoms with Gasteiger partial charge in [-0.05, 0) is 30.5 Å². The van der Waals surface area contributed by atoms with Gasteiger partial charge < -0.3 is 9.30 Å². The molecule has 0 radical (unpaired) electrons. The van der Waals surface area contributed by atoms with Crippen LogP contribution in [0.1, 0.15) is 50.8 Å². The minimum atomic E-state index is -3.17. The molecule has 124 valence electrons. The van der Waals surface area contributed by atoms with Crippen LogP contribution in [0.2, 0.25) is 0 Å². The zero-order valence-electron chi connectivity index (χ0n) is 13.7. The monoisotopic (exact) mass is 320 g/mol. The van der Waals surface area contributed by atoms with Crippen molar-refractivity contribution in [1.29, 1.82) is 0 Å². The first-order valence-electron chi connectivity index (χ1n) is 7.91. The number of hydrogen-bond acceptors (Lipinski definition) is 2. The van der Waals surface area contributed by atoms with Gasteiger partial charge in [-0.25, -0.2) is 4.98 Å². The van der Waals surface area contributed by atoms with E-state index in [9.17, 15) is 8.78 Å². The van der Waals surface area contributed by atoms with Crippen LogP contribution >= 0.6 is 0 Å². The van der Waals surface area contributed by atoms with Crippen molar-refractivity contribution in [1.82, 2.24) is 9.55 Å². The molecule has 0 atom stereocenters. The van der Waals surface area contributed by atoms with Crippen LogP contribution in [-0.2, 0) is 11.3 Å². The number of ether oxygens (including phenoxy) is 1. The molecule has 0 saturated heterocycles. The normalized spacial score (nSPS) is 15.9. The van der Waals surface area contributed by atoms with Crippen molar-refractivity contribution in [2.75, 3.05) is 0 Å². The van der Waals surface area contributed by atoms with E-state index < -0.39 is 11.5 Å². The first-order chi connectivity index (χ1) is 10.8. The number of imidazole rings is 1. The zero-order valence-corrected chi connectivity index (χ0v) is 13.7. The Kier molecular flexibility index (Phi) is 4.00. The maximum absolute atomic E-state index is 13.9. The highest BCUT2D eigenvalue weighted by Crippen LogP contribution is 2.39. The van der Waals surface area contributed by atoms with Crippen molar-refractivity contribution in [2.24, 2.45) is 5.41 Å². The van der Waals surface area contributed by atoms with Crippen LogP contribution in [0, 0.1) is 5.41 Å². The number of alkyl halides is 2. The number of halogens is 2. The zero-order chi connectivity index (χ0) is 16.7. The highest BCUT2D eigenvalue weighted by atomic mass is 19.3. The van der Waals surface area contributed by atoms with Gasteiger partial charge in [-0.3, -0.25) is 0 Å². The van der Waals surface area contributed by atoms with Crippen LogP contribution in [0.4, 0.5) is 8.78 Å². The maximum Gasteiger partial charge on any atom is 0.360 e. The lowest BCUT2D eigenvalue weighted by Crippen LogP contribution is -2.36. The van der Waals surface area contributed by atoms with Crippen LogP contribution in [-0.4, -0.2) is 15.7 Å². The number of nitrogens with zero attached hydrogens (tertiary/aromatic N) is 2. The smallest absolute Gasteiger partial charge is 0.315 e. The first-order valence-corrected chi connectivity index (χ1v) is 7.91. The highest BCUT2D eigenvalue weighted by Gasteiger charge is 2.44. The van der Waals surface area contributed by atoms with Crippen LogP contribution < -0.4 is 0 Å². The molecule has 0 spiro atoms. The summed E-state index contributed by atoms with van der Waals surface area (Å²) < 4.78 is 34.6. The summed E-state index contributed by atoms with van der Waals surface area (Å²) in [5.74, 6) is 0.591. The lowest BCUT2D eigenvalue weighted by Gasteiger charge is -2.29. The van der Waals surface area contributed by atoms with Crippen LogP contribution in [0.15, 0.2) is 36.8 Å². The van der Waals surface area contributed by atoms with E-state index in [1.165, 1.54) is 33.6 Å². The Hall–Kier alpha value is -1.75. The van der Waals surface area contributed by atoms with E-state index >= 15 is 0 Å². The molecule has 1 heterocycles. The topological polar surface area (TPSA) is 27.1 Å². The highest BCUT2D eigenvalue weighted by molar-refractivity contribution is 5.36. The van der Waals surface area contributed by atoms with Gasteiger partial charge in [0.25, 0.3) is 0 Å². The predicted octanol–water partition coefficient (Wildman–Crippen LogP) is 4.91. The maximum atomic E-state index is 13.9. The molecule has 5 heteroatoms. The third kappa shape index (κ3) is 3.61. The largest absolute Gasteiger partial charge is 0.360 e. The molecule has 0 amide bonds. The van der Waals surface area contributed by atoms with Crippen molar-refractivity contribution in [3.63, 3.8) is 0 Å². The van der Waals surface area contributed by atoms with Crippen molar-refractivity contribution >= 4 is 0 Å². The van der Waals surface area contributed by atoms with E-state index in [1.807, 2.05) is 29.0 Å². The summed E-state index contributed by atoms with van der Waals surface area (Å²) in [6.45, 7) is 4.28. The summed E-state index contributed by atoms with van der Waals surface area (Å²) in [6, 6.07) is 7.43. The fourth-order valence-electron chi connectivity index (χ4n) is 2.27. The number of hydrogen-bond donors (Lipinski definition) is 0. The Labute approximate surface area is 135 Å². The van der Waals surface area contributed by atoms with Crippen molar-refractivity contribution < 1.29 is 13.5 Å². The van der Waals surface area contributed by atoms with E-state index in [4.69, 9.17) is 4.74 Å². The van der Waals surface area contributed by atoms with E-state index in [2.05, 4.69) is 4.98 Å². The van der Waals surface area contributed by atoms with Crippen molar-refractivity contribution in [3.8, 4) is 5.69 Å². The standard InChI is InChI=1S/C18H22F2N2O/c1-17(2,3)18(19,20)23-11-13-5-4-6-15(9-13)22-10-16(21-12-22)14-7-8-14/h4-6,9-10,12,14H,7-8,11H2,1-3H3. The first kappa shape index (κ1) is 16.1. The molecule has 0 bridgehead atoms. The third-order valence-electron chi connectivity index (χ3n) is 4.10.